The Morgan fingerprint density at radius 1 is 1.60 bits per heavy atom. The summed E-state index contributed by atoms with van der Waals surface area (Å²) in [5, 5.41) is 11.2. The number of hydrazine groups is 2. The van der Waals surface area contributed by atoms with Crippen molar-refractivity contribution >= 4 is 6.41 Å². The van der Waals surface area contributed by atoms with Crippen molar-refractivity contribution in [1.82, 2.24) is 16.3 Å². The van der Waals surface area contributed by atoms with Gasteiger partial charge in [-0.1, -0.05) is 0 Å². The Balaban J connectivity index is 3.07. The van der Waals surface area contributed by atoms with Crippen LogP contribution in [0.15, 0.2) is 0 Å². The molecular formula is C4H12N4O2. The van der Waals surface area contributed by atoms with Gasteiger partial charge in [0.05, 0.1) is 6.10 Å². The molecule has 10 heavy (non-hydrogen) atoms. The van der Waals surface area contributed by atoms with E-state index in [1.807, 2.05) is 0 Å². The number of amides is 1. The number of hydrogen-bond acceptors (Lipinski definition) is 5. The van der Waals surface area contributed by atoms with E-state index in [0.717, 1.165) is 0 Å². The molecule has 0 aromatic rings. The lowest BCUT2D eigenvalue weighted by Crippen LogP contribution is -2.44. The van der Waals surface area contributed by atoms with Gasteiger partial charge in [-0.15, -0.1) is 0 Å². The van der Waals surface area contributed by atoms with E-state index in [9.17, 15) is 4.79 Å². The van der Waals surface area contributed by atoms with E-state index in [4.69, 9.17) is 10.9 Å². The van der Waals surface area contributed by atoms with E-state index in [-0.39, 0.29) is 13.1 Å². The van der Waals surface area contributed by atoms with Gasteiger partial charge in [0, 0.05) is 13.1 Å². The molecule has 0 heterocycles. The van der Waals surface area contributed by atoms with E-state index in [0.29, 0.717) is 6.41 Å². The molecule has 0 saturated heterocycles. The van der Waals surface area contributed by atoms with Crippen LogP contribution in [0.3, 0.4) is 0 Å². The molecule has 0 bridgehead atoms. The van der Waals surface area contributed by atoms with Crippen LogP contribution < -0.4 is 22.1 Å². The van der Waals surface area contributed by atoms with Crippen LogP contribution >= 0.6 is 0 Å². The standard InChI is InChI=1S/C4H12N4O2/c5-8-7-2-4(10)1-6-3-9/h3-4,7-8,10H,1-2,5H2,(H,6,9). The molecule has 1 unspecified atom stereocenters. The molecule has 0 aromatic carbocycles. The van der Waals surface area contributed by atoms with Crippen LogP contribution in [0.5, 0.6) is 0 Å². The number of nitrogens with one attached hydrogen (secondary N) is 3. The maximum Gasteiger partial charge on any atom is 0.207 e. The fourth-order valence-corrected chi connectivity index (χ4v) is 0.433. The number of nitrogens with two attached hydrogens (primary N) is 1. The molecule has 6 N–H and O–H groups in total. The van der Waals surface area contributed by atoms with Gasteiger partial charge in [0.25, 0.3) is 0 Å². The van der Waals surface area contributed by atoms with E-state index in [1.54, 1.807) is 0 Å². The van der Waals surface area contributed by atoms with Gasteiger partial charge in [0.15, 0.2) is 0 Å². The zero-order valence-electron chi connectivity index (χ0n) is 5.50. The Morgan fingerprint density at radius 3 is 2.80 bits per heavy atom. The van der Waals surface area contributed by atoms with Crippen LogP contribution in [0.4, 0.5) is 0 Å². The van der Waals surface area contributed by atoms with Crippen molar-refractivity contribution < 1.29 is 9.90 Å². The minimum absolute atomic E-state index is 0.220. The van der Waals surface area contributed by atoms with Crippen molar-refractivity contribution in [3.63, 3.8) is 0 Å². The molecule has 0 saturated carbocycles. The van der Waals surface area contributed by atoms with Gasteiger partial charge in [-0.3, -0.25) is 10.6 Å². The lowest BCUT2D eigenvalue weighted by molar-refractivity contribution is -0.109. The Hall–Kier alpha value is -0.690. The summed E-state index contributed by atoms with van der Waals surface area (Å²) in [5.41, 5.74) is 4.63. The number of carbonyl (C=O) groups is 1. The van der Waals surface area contributed by atoms with Crippen LogP contribution in [0.2, 0.25) is 0 Å². The first-order valence-electron chi connectivity index (χ1n) is 2.84. The molecule has 0 aliphatic carbocycles. The second-order valence-corrected chi connectivity index (χ2v) is 1.71. The molecule has 0 fully saturated rings. The first-order chi connectivity index (χ1) is 4.81. The van der Waals surface area contributed by atoms with E-state index < -0.39 is 6.10 Å². The first kappa shape index (κ1) is 9.31. The third-order valence-electron chi connectivity index (χ3n) is 0.877. The Bertz CT molecular complexity index is 89.3. The van der Waals surface area contributed by atoms with Crippen LogP contribution in [0.1, 0.15) is 0 Å². The first-order valence-corrected chi connectivity index (χ1v) is 2.84. The normalized spacial score (nSPS) is 12.6. The highest BCUT2D eigenvalue weighted by molar-refractivity contribution is 5.45. The predicted octanol–water partition coefficient (Wildman–Crippen LogP) is -2.94. The molecular weight excluding hydrogens is 136 g/mol. The molecule has 6 nitrogen and oxygen atoms in total. The number of hydrogen-bond donors (Lipinski definition) is 5. The molecule has 6 heteroatoms. The zero-order valence-corrected chi connectivity index (χ0v) is 5.50. The average Bonchev–Trinajstić information content (AvgIpc) is 1.97. The maximum absolute atomic E-state index is 9.70. The number of rotatable bonds is 6. The SMILES string of the molecule is NNNCC(O)CNC=O. The molecule has 0 radical (unpaired) electrons. The summed E-state index contributed by atoms with van der Waals surface area (Å²) in [6.07, 6.45) is -0.0970. The summed E-state index contributed by atoms with van der Waals surface area (Å²) in [5.74, 6) is 4.84. The van der Waals surface area contributed by atoms with Crippen molar-refractivity contribution in [2.75, 3.05) is 13.1 Å². The molecule has 60 valence electrons. The van der Waals surface area contributed by atoms with Crippen LogP contribution in [0, 0.1) is 0 Å². The van der Waals surface area contributed by atoms with Crippen molar-refractivity contribution in [2.45, 2.75) is 6.10 Å². The maximum atomic E-state index is 9.70. The number of aliphatic hydroxyl groups is 1. The molecule has 1 atom stereocenters. The molecule has 0 aliphatic heterocycles. The van der Waals surface area contributed by atoms with Crippen LogP contribution in [-0.4, -0.2) is 30.7 Å². The summed E-state index contributed by atoms with van der Waals surface area (Å²) >= 11 is 0. The van der Waals surface area contributed by atoms with Gasteiger partial charge >= 0.3 is 0 Å². The van der Waals surface area contributed by atoms with Gasteiger partial charge in [-0.25, -0.2) is 5.43 Å². The number of carbonyl (C=O) groups excluding carboxylic acids is 1. The van der Waals surface area contributed by atoms with Crippen molar-refractivity contribution in [1.29, 1.82) is 0 Å². The third kappa shape index (κ3) is 5.45. The highest BCUT2D eigenvalue weighted by Gasteiger charge is 1.99. The smallest absolute Gasteiger partial charge is 0.207 e. The van der Waals surface area contributed by atoms with Crippen LogP contribution in [-0.2, 0) is 4.79 Å². The summed E-state index contributed by atoms with van der Waals surface area (Å²) in [6.45, 7) is 0.509. The predicted molar refractivity (Wildman–Crippen MR) is 35.4 cm³/mol. The molecule has 0 aliphatic rings. The zero-order chi connectivity index (χ0) is 7.82. The van der Waals surface area contributed by atoms with Gasteiger partial charge in [-0.2, -0.15) is 5.53 Å². The van der Waals surface area contributed by atoms with Gasteiger partial charge in [0.2, 0.25) is 6.41 Å². The summed E-state index contributed by atoms with van der Waals surface area (Å²) < 4.78 is 0. The molecule has 1 amide bonds. The molecule has 0 aromatic heterocycles. The Kier molecular flexibility index (Phi) is 5.99. The van der Waals surface area contributed by atoms with Gasteiger partial charge in [-0.05, 0) is 0 Å². The number of aliphatic hydroxyl groups excluding tert-OH is 1. The fourth-order valence-electron chi connectivity index (χ4n) is 0.433. The highest BCUT2D eigenvalue weighted by atomic mass is 16.3. The lowest BCUT2D eigenvalue weighted by atomic mass is 10.4. The third-order valence-corrected chi connectivity index (χ3v) is 0.877. The second kappa shape index (κ2) is 6.43. The van der Waals surface area contributed by atoms with Crippen molar-refractivity contribution in [2.24, 2.45) is 5.84 Å². The fraction of sp³-hybridized carbons (Fsp3) is 0.750. The minimum atomic E-state index is -0.624. The summed E-state index contributed by atoms with van der Waals surface area (Å²) in [4.78, 5) is 9.70. The van der Waals surface area contributed by atoms with E-state index in [1.165, 1.54) is 0 Å². The Morgan fingerprint density at radius 2 is 2.30 bits per heavy atom. The lowest BCUT2D eigenvalue weighted by Gasteiger charge is -2.08. The summed E-state index contributed by atoms with van der Waals surface area (Å²) in [7, 11) is 0. The largest absolute Gasteiger partial charge is 0.390 e. The van der Waals surface area contributed by atoms with E-state index >= 15 is 0 Å². The van der Waals surface area contributed by atoms with E-state index in [2.05, 4.69) is 16.3 Å². The highest BCUT2D eigenvalue weighted by Crippen LogP contribution is 1.73. The Labute approximate surface area is 58.7 Å². The van der Waals surface area contributed by atoms with Crippen LogP contribution in [0.25, 0.3) is 0 Å². The second-order valence-electron chi connectivity index (χ2n) is 1.71. The van der Waals surface area contributed by atoms with Crippen molar-refractivity contribution in [3.8, 4) is 0 Å². The van der Waals surface area contributed by atoms with Gasteiger partial charge < -0.3 is 10.4 Å². The molecule has 0 rings (SSSR count). The monoisotopic (exact) mass is 148 g/mol. The van der Waals surface area contributed by atoms with Crippen molar-refractivity contribution in [3.05, 3.63) is 0 Å². The summed E-state index contributed by atoms with van der Waals surface area (Å²) in [6, 6.07) is 0. The average molecular weight is 148 g/mol. The topological polar surface area (TPSA) is 99.4 Å². The minimum Gasteiger partial charge on any atom is -0.390 e. The van der Waals surface area contributed by atoms with Gasteiger partial charge in [0.1, 0.15) is 0 Å². The quantitative estimate of drug-likeness (QED) is 0.158. The molecule has 0 spiro atoms.